The molecule has 6 heteroatoms. The van der Waals surface area contributed by atoms with Gasteiger partial charge in [-0.25, -0.2) is 0 Å². The molecule has 0 nitrogen and oxygen atoms in total. The monoisotopic (exact) mass is 546 g/mol. The van der Waals surface area contributed by atoms with Gasteiger partial charge in [0.15, 0.2) is 14.7 Å². The molecule has 0 fully saturated rings. The maximum atomic E-state index is 13.2. The van der Waals surface area contributed by atoms with E-state index in [1.807, 2.05) is 0 Å². The molecule has 0 amide bonds. The van der Waals surface area contributed by atoms with Gasteiger partial charge in [0.25, 0.3) is 0 Å². The summed E-state index contributed by atoms with van der Waals surface area (Å²) in [4.78, 5) is 6.58. The number of hydrogen-bond donors (Lipinski definition) is 0. The van der Waals surface area contributed by atoms with Crippen molar-refractivity contribution >= 4 is 29.5 Å². The third-order valence-electron chi connectivity index (χ3n) is 6.41. The van der Waals surface area contributed by atoms with Crippen molar-refractivity contribution in [2.45, 2.75) is 45.2 Å². The SMILES string of the molecule is CC[P-](F)(F)(F)(CC)CC.c1ccc(Sc2ccc([S+](c3ccccc3)c3ccccc3)cc2)cc1. The van der Waals surface area contributed by atoms with Crippen LogP contribution in [0.5, 0.6) is 0 Å². The van der Waals surface area contributed by atoms with Crippen LogP contribution in [0.25, 0.3) is 0 Å². The first-order valence-electron chi connectivity index (χ1n) is 12.2. The summed E-state index contributed by atoms with van der Waals surface area (Å²) >= 11 is 1.80. The number of rotatable bonds is 8. The van der Waals surface area contributed by atoms with Crippen LogP contribution >= 0.6 is 18.6 Å². The molecule has 0 spiro atoms. The van der Waals surface area contributed by atoms with Crippen LogP contribution < -0.4 is 0 Å². The van der Waals surface area contributed by atoms with E-state index in [1.165, 1.54) is 45.2 Å². The summed E-state index contributed by atoms with van der Waals surface area (Å²) < 4.78 is 39.5. The normalized spacial score (nSPS) is 13.3. The molecule has 4 rings (SSSR count). The largest absolute Gasteiger partial charge is 0.166 e. The summed E-state index contributed by atoms with van der Waals surface area (Å²) in [5.41, 5.74) is 0. The van der Waals surface area contributed by atoms with Crippen LogP contribution in [0.3, 0.4) is 0 Å². The van der Waals surface area contributed by atoms with Crippen LogP contribution in [0.15, 0.2) is 140 Å². The first-order valence-corrected chi connectivity index (χ1v) is 17.1. The zero-order valence-corrected chi connectivity index (χ0v) is 23.5. The van der Waals surface area contributed by atoms with E-state index in [4.69, 9.17) is 0 Å². The van der Waals surface area contributed by atoms with Gasteiger partial charge in [0.1, 0.15) is 0 Å². The molecule has 0 saturated heterocycles. The minimum atomic E-state index is -6.27. The molecule has 0 unspecified atom stereocenters. The maximum absolute atomic E-state index is 13.2. The molecule has 0 aromatic heterocycles. The molecule has 0 aliphatic rings. The third-order valence-corrected chi connectivity index (χ3v) is 14.5. The standard InChI is InChI=1S/C24H19S2.C6H15F3P/c1-4-10-20(11-5-1)25-21-16-18-24(19-17-21)26(22-12-6-2-7-13-22)23-14-8-3-9-15-23;1-4-10(7,8,9,5-2)6-3/h1-19H;4-6H2,1-3H3/q+1;-1. The summed E-state index contributed by atoms with van der Waals surface area (Å²) in [5.74, 6) is 0. The quantitative estimate of drug-likeness (QED) is 0.156. The van der Waals surface area contributed by atoms with E-state index in [9.17, 15) is 12.6 Å². The molecule has 4 aromatic rings. The zero-order valence-electron chi connectivity index (χ0n) is 21.0. The van der Waals surface area contributed by atoms with Crippen LogP contribution in [0.1, 0.15) is 20.8 Å². The molecule has 4 aromatic carbocycles. The van der Waals surface area contributed by atoms with Gasteiger partial charge in [-0.2, -0.15) is 0 Å². The van der Waals surface area contributed by atoms with E-state index in [2.05, 4.69) is 115 Å². The van der Waals surface area contributed by atoms with Crippen molar-refractivity contribution in [3.8, 4) is 0 Å². The molecule has 0 bridgehead atoms. The van der Waals surface area contributed by atoms with Gasteiger partial charge >= 0.3 is 58.7 Å². The first-order chi connectivity index (χ1) is 17.1. The number of benzene rings is 4. The fourth-order valence-corrected chi connectivity index (χ4v) is 7.72. The van der Waals surface area contributed by atoms with E-state index in [1.54, 1.807) is 11.8 Å². The van der Waals surface area contributed by atoms with Gasteiger partial charge in [0.2, 0.25) is 0 Å². The molecule has 36 heavy (non-hydrogen) atoms. The Morgan fingerprint density at radius 1 is 0.500 bits per heavy atom. The molecule has 0 N–H and O–H groups in total. The Bertz CT molecular complexity index is 1160. The molecule has 0 radical (unpaired) electrons. The minimum absolute atomic E-state index is 0.0786. The predicted octanol–water partition coefficient (Wildman–Crippen LogP) is 10.7. The molecule has 0 saturated carbocycles. The second-order valence-electron chi connectivity index (χ2n) is 8.71. The predicted molar refractivity (Wildman–Crippen MR) is 154 cm³/mol. The van der Waals surface area contributed by atoms with E-state index < -0.39 is 25.4 Å². The van der Waals surface area contributed by atoms with Crippen molar-refractivity contribution in [1.82, 2.24) is 0 Å². The summed E-state index contributed by atoms with van der Waals surface area (Å²) in [7, 11) is -0.0786. The van der Waals surface area contributed by atoms with Gasteiger partial charge in [-0.1, -0.05) is 66.4 Å². The van der Waals surface area contributed by atoms with Crippen molar-refractivity contribution in [3.05, 3.63) is 115 Å². The topological polar surface area (TPSA) is 0 Å². The Morgan fingerprint density at radius 3 is 1.19 bits per heavy atom. The molecule has 0 aliphatic heterocycles. The summed E-state index contributed by atoms with van der Waals surface area (Å²) in [6.07, 6.45) is -1.84. The summed E-state index contributed by atoms with van der Waals surface area (Å²) in [6, 6.07) is 41.1. The van der Waals surface area contributed by atoms with Crippen LogP contribution in [-0.4, -0.2) is 18.5 Å². The van der Waals surface area contributed by atoms with Gasteiger partial charge in [-0.05, 0) is 60.7 Å². The molecule has 0 atom stereocenters. The van der Waals surface area contributed by atoms with Crippen LogP contribution in [-0.2, 0) is 10.9 Å². The van der Waals surface area contributed by atoms with Crippen LogP contribution in [0.2, 0.25) is 0 Å². The summed E-state index contributed by atoms with van der Waals surface area (Å²) in [5, 5.41) is 0. The molecular weight excluding hydrogens is 512 g/mol. The van der Waals surface area contributed by atoms with Crippen molar-refractivity contribution in [3.63, 3.8) is 0 Å². The van der Waals surface area contributed by atoms with Crippen LogP contribution in [0, 0.1) is 0 Å². The number of hydrogen-bond acceptors (Lipinski definition) is 1. The van der Waals surface area contributed by atoms with Gasteiger partial charge in [-0.15, -0.1) is 0 Å². The van der Waals surface area contributed by atoms with Crippen molar-refractivity contribution in [2.24, 2.45) is 0 Å². The van der Waals surface area contributed by atoms with Crippen LogP contribution in [0.4, 0.5) is 12.6 Å². The average molecular weight is 547 g/mol. The fourth-order valence-electron chi connectivity index (χ4n) is 3.46. The van der Waals surface area contributed by atoms with Crippen molar-refractivity contribution < 1.29 is 12.6 Å². The van der Waals surface area contributed by atoms with E-state index in [0.29, 0.717) is 0 Å². The Labute approximate surface area is 220 Å². The Balaban J connectivity index is 0.000000308. The minimum Gasteiger partial charge on any atom is -0.0901 e. The second-order valence-corrected chi connectivity index (χ2v) is 17.7. The van der Waals surface area contributed by atoms with E-state index in [0.717, 1.165) is 0 Å². The van der Waals surface area contributed by atoms with E-state index >= 15 is 0 Å². The Hall–Kier alpha value is -2.20. The van der Waals surface area contributed by atoms with Gasteiger partial charge in [0.05, 0.1) is 10.9 Å². The smallest absolute Gasteiger partial charge is 0.0901 e. The Kier molecular flexibility index (Phi) is 9.03. The number of halogens is 3. The third kappa shape index (κ3) is 7.65. The Morgan fingerprint density at radius 2 is 0.833 bits per heavy atom. The van der Waals surface area contributed by atoms with Gasteiger partial charge in [-0.3, -0.25) is 0 Å². The zero-order chi connectivity index (χ0) is 26.1. The average Bonchev–Trinajstić information content (AvgIpc) is 2.92. The summed E-state index contributed by atoms with van der Waals surface area (Å²) in [6.45, 7) is -2.59. The van der Waals surface area contributed by atoms with Crippen molar-refractivity contribution in [2.75, 3.05) is 18.5 Å². The van der Waals surface area contributed by atoms with Crippen molar-refractivity contribution in [1.29, 1.82) is 0 Å². The second kappa shape index (κ2) is 11.5. The maximum Gasteiger partial charge on any atom is 0.166 e. The van der Waals surface area contributed by atoms with E-state index in [-0.39, 0.29) is 10.9 Å². The first kappa shape index (κ1) is 28.4. The molecule has 192 valence electrons. The van der Waals surface area contributed by atoms with Gasteiger partial charge < -0.3 is 0 Å². The fraction of sp³-hybridized carbons (Fsp3) is 0.200. The molecular formula is C30H34F3PS2. The molecule has 0 aliphatic carbocycles. The van der Waals surface area contributed by atoms with Gasteiger partial charge in [0, 0.05) is 9.79 Å². The molecule has 0 heterocycles.